The third kappa shape index (κ3) is 2.37. The van der Waals surface area contributed by atoms with Crippen molar-refractivity contribution in [1.29, 1.82) is 0 Å². The SMILES string of the molecule is Cc1nn(C)c(Cl)c1Cn1cncc(I)c1=O. The normalized spacial score (nSPS) is 10.8. The molecule has 0 aromatic carbocycles. The average Bonchev–Trinajstić information content (AvgIpc) is 2.51. The van der Waals surface area contributed by atoms with Crippen molar-refractivity contribution in [3.8, 4) is 0 Å². The van der Waals surface area contributed by atoms with Gasteiger partial charge in [-0.25, -0.2) is 4.98 Å². The maximum atomic E-state index is 11.8. The highest BCUT2D eigenvalue weighted by Gasteiger charge is 2.12. The van der Waals surface area contributed by atoms with Crippen molar-refractivity contribution in [2.24, 2.45) is 7.05 Å². The van der Waals surface area contributed by atoms with E-state index in [2.05, 4.69) is 10.1 Å². The first-order valence-corrected chi connectivity index (χ1v) is 6.34. The van der Waals surface area contributed by atoms with Crippen LogP contribution in [0.25, 0.3) is 0 Å². The Labute approximate surface area is 117 Å². The van der Waals surface area contributed by atoms with E-state index in [9.17, 15) is 4.79 Å². The monoisotopic (exact) mass is 364 g/mol. The van der Waals surface area contributed by atoms with Crippen LogP contribution in [0.3, 0.4) is 0 Å². The van der Waals surface area contributed by atoms with Gasteiger partial charge in [-0.3, -0.25) is 14.0 Å². The number of hydrogen-bond donors (Lipinski definition) is 0. The van der Waals surface area contributed by atoms with Crippen LogP contribution < -0.4 is 5.56 Å². The van der Waals surface area contributed by atoms with E-state index >= 15 is 0 Å². The quantitative estimate of drug-likeness (QED) is 0.761. The zero-order chi connectivity index (χ0) is 12.6. The van der Waals surface area contributed by atoms with E-state index < -0.39 is 0 Å². The Hall–Kier alpha value is -0.890. The highest BCUT2D eigenvalue weighted by atomic mass is 127. The highest BCUT2D eigenvalue weighted by Crippen LogP contribution is 2.19. The van der Waals surface area contributed by atoms with Gasteiger partial charge in [-0.15, -0.1) is 0 Å². The Morgan fingerprint density at radius 2 is 2.24 bits per heavy atom. The summed E-state index contributed by atoms with van der Waals surface area (Å²) in [6.45, 7) is 2.26. The van der Waals surface area contributed by atoms with E-state index in [-0.39, 0.29) is 5.56 Å². The molecule has 0 unspecified atom stereocenters. The molecule has 0 saturated heterocycles. The van der Waals surface area contributed by atoms with Crippen LogP contribution in [-0.4, -0.2) is 19.3 Å². The van der Waals surface area contributed by atoms with Crippen LogP contribution in [-0.2, 0) is 13.6 Å². The first kappa shape index (κ1) is 12.6. The molecule has 90 valence electrons. The molecular weight excluding hydrogens is 354 g/mol. The Morgan fingerprint density at radius 1 is 1.53 bits per heavy atom. The van der Waals surface area contributed by atoms with Gasteiger partial charge in [-0.05, 0) is 29.5 Å². The molecule has 0 N–H and O–H groups in total. The lowest BCUT2D eigenvalue weighted by Crippen LogP contribution is -2.23. The number of aryl methyl sites for hydroxylation is 2. The van der Waals surface area contributed by atoms with Gasteiger partial charge in [0.1, 0.15) is 5.15 Å². The van der Waals surface area contributed by atoms with Crippen molar-refractivity contribution >= 4 is 34.2 Å². The summed E-state index contributed by atoms with van der Waals surface area (Å²) in [7, 11) is 1.77. The van der Waals surface area contributed by atoms with Crippen molar-refractivity contribution in [2.75, 3.05) is 0 Å². The minimum absolute atomic E-state index is 0.0695. The van der Waals surface area contributed by atoms with Crippen LogP contribution in [0.2, 0.25) is 5.15 Å². The maximum absolute atomic E-state index is 11.8. The summed E-state index contributed by atoms with van der Waals surface area (Å²) in [4.78, 5) is 15.8. The van der Waals surface area contributed by atoms with E-state index in [0.29, 0.717) is 15.3 Å². The molecule has 0 radical (unpaired) electrons. The van der Waals surface area contributed by atoms with E-state index in [0.717, 1.165) is 11.3 Å². The summed E-state index contributed by atoms with van der Waals surface area (Å²) in [5.41, 5.74) is 1.60. The van der Waals surface area contributed by atoms with Crippen molar-refractivity contribution in [1.82, 2.24) is 19.3 Å². The highest BCUT2D eigenvalue weighted by molar-refractivity contribution is 14.1. The van der Waals surface area contributed by atoms with Crippen molar-refractivity contribution in [3.05, 3.63) is 42.9 Å². The molecule has 2 aromatic rings. The number of nitrogens with zero attached hydrogens (tertiary/aromatic N) is 4. The lowest BCUT2D eigenvalue weighted by Gasteiger charge is -2.04. The Balaban J connectivity index is 2.45. The number of aromatic nitrogens is 4. The molecule has 0 aliphatic heterocycles. The Morgan fingerprint density at radius 3 is 2.82 bits per heavy atom. The molecule has 0 aliphatic rings. The molecule has 7 heteroatoms. The summed E-state index contributed by atoms with van der Waals surface area (Å²) in [6, 6.07) is 0. The van der Waals surface area contributed by atoms with Crippen LogP contribution in [0.5, 0.6) is 0 Å². The zero-order valence-corrected chi connectivity index (χ0v) is 12.2. The van der Waals surface area contributed by atoms with E-state index in [1.54, 1.807) is 11.7 Å². The fourth-order valence-electron chi connectivity index (χ4n) is 1.56. The molecule has 2 aromatic heterocycles. The fraction of sp³-hybridized carbons (Fsp3) is 0.300. The summed E-state index contributed by atoms with van der Waals surface area (Å²) in [5.74, 6) is 0. The summed E-state index contributed by atoms with van der Waals surface area (Å²) < 4.78 is 3.71. The molecule has 0 atom stereocenters. The van der Waals surface area contributed by atoms with Crippen molar-refractivity contribution < 1.29 is 0 Å². The second-order valence-electron chi connectivity index (χ2n) is 3.65. The van der Waals surface area contributed by atoms with Crippen LogP contribution in [0, 0.1) is 10.5 Å². The van der Waals surface area contributed by atoms with Gasteiger partial charge in [0.25, 0.3) is 5.56 Å². The molecule has 0 amide bonds. The van der Waals surface area contributed by atoms with Gasteiger partial charge in [-0.1, -0.05) is 11.6 Å². The minimum Gasteiger partial charge on any atom is -0.294 e. The van der Waals surface area contributed by atoms with Gasteiger partial charge in [0.05, 0.1) is 22.1 Å². The largest absolute Gasteiger partial charge is 0.294 e. The molecule has 0 bridgehead atoms. The molecule has 0 fully saturated rings. The second kappa shape index (κ2) is 4.77. The van der Waals surface area contributed by atoms with Gasteiger partial charge in [0.2, 0.25) is 0 Å². The summed E-state index contributed by atoms with van der Waals surface area (Å²) in [5, 5.41) is 4.76. The second-order valence-corrected chi connectivity index (χ2v) is 5.17. The third-order valence-electron chi connectivity index (χ3n) is 2.46. The van der Waals surface area contributed by atoms with E-state index in [1.165, 1.54) is 17.1 Å². The maximum Gasteiger partial charge on any atom is 0.267 e. The molecule has 17 heavy (non-hydrogen) atoms. The van der Waals surface area contributed by atoms with Gasteiger partial charge < -0.3 is 0 Å². The molecule has 5 nitrogen and oxygen atoms in total. The molecule has 0 saturated carbocycles. The van der Waals surface area contributed by atoms with Crippen LogP contribution >= 0.6 is 34.2 Å². The predicted molar refractivity (Wildman–Crippen MR) is 73.3 cm³/mol. The smallest absolute Gasteiger partial charge is 0.267 e. The standard InChI is InChI=1S/C10H10ClIN4O/c1-6-7(9(11)15(2)14-6)4-16-5-13-3-8(12)10(16)17/h3,5H,4H2,1-2H3. The third-order valence-corrected chi connectivity index (χ3v) is 3.67. The molecular formula is C10H10ClIN4O. The van der Waals surface area contributed by atoms with E-state index in [4.69, 9.17) is 11.6 Å². The van der Waals surface area contributed by atoms with Crippen molar-refractivity contribution in [3.63, 3.8) is 0 Å². The molecule has 0 spiro atoms. The summed E-state index contributed by atoms with van der Waals surface area (Å²) >= 11 is 8.08. The predicted octanol–water partition coefficient (Wildman–Crippen LogP) is 1.59. The minimum atomic E-state index is -0.0695. The van der Waals surface area contributed by atoms with Crippen LogP contribution in [0.1, 0.15) is 11.3 Å². The Bertz CT molecular complexity index is 619. The first-order valence-electron chi connectivity index (χ1n) is 4.88. The van der Waals surface area contributed by atoms with Crippen LogP contribution in [0.15, 0.2) is 17.3 Å². The lowest BCUT2D eigenvalue weighted by molar-refractivity contribution is 0.726. The van der Waals surface area contributed by atoms with Crippen LogP contribution in [0.4, 0.5) is 0 Å². The lowest BCUT2D eigenvalue weighted by atomic mass is 10.2. The van der Waals surface area contributed by atoms with Gasteiger partial charge in [-0.2, -0.15) is 5.10 Å². The number of hydrogen-bond acceptors (Lipinski definition) is 3. The molecule has 2 rings (SSSR count). The zero-order valence-electron chi connectivity index (χ0n) is 9.31. The molecule has 0 aliphatic carbocycles. The van der Waals surface area contributed by atoms with Crippen molar-refractivity contribution in [2.45, 2.75) is 13.5 Å². The van der Waals surface area contributed by atoms with Gasteiger partial charge >= 0.3 is 0 Å². The number of halogens is 2. The van der Waals surface area contributed by atoms with Gasteiger partial charge in [0.15, 0.2) is 0 Å². The number of rotatable bonds is 2. The molecule has 2 heterocycles. The van der Waals surface area contributed by atoms with E-state index in [1.807, 2.05) is 29.5 Å². The topological polar surface area (TPSA) is 52.7 Å². The first-order chi connectivity index (χ1) is 8.00. The van der Waals surface area contributed by atoms with Gasteiger partial charge in [0, 0.05) is 18.8 Å². The average molecular weight is 365 g/mol. The Kier molecular flexibility index (Phi) is 3.53. The summed E-state index contributed by atoms with van der Waals surface area (Å²) in [6.07, 6.45) is 3.05. The fourth-order valence-corrected chi connectivity index (χ4v) is 2.27.